The van der Waals surface area contributed by atoms with Crippen molar-refractivity contribution < 1.29 is 9.26 Å². The minimum absolute atomic E-state index is 0.824. The van der Waals surface area contributed by atoms with Gasteiger partial charge in [0.2, 0.25) is 0 Å². The zero-order valence-electron chi connectivity index (χ0n) is 17.0. The summed E-state index contributed by atoms with van der Waals surface area (Å²) in [5, 5.41) is 4.11. The first-order valence-corrected chi connectivity index (χ1v) is 10.8. The molecule has 154 valence electrons. The number of thiophene rings is 1. The Morgan fingerprint density at radius 2 is 1.87 bits per heavy atom. The van der Waals surface area contributed by atoms with Crippen molar-refractivity contribution in [2.75, 3.05) is 38.2 Å². The van der Waals surface area contributed by atoms with Crippen LogP contribution in [0.15, 0.2) is 47.2 Å². The van der Waals surface area contributed by atoms with Crippen LogP contribution in [0.2, 0.25) is 0 Å². The first-order chi connectivity index (χ1) is 14.7. The van der Waals surface area contributed by atoms with Crippen molar-refractivity contribution in [2.24, 2.45) is 0 Å². The lowest BCUT2D eigenvalue weighted by atomic mass is 10.2. The standard InChI is InChI=1S/C22H23N5O2S/c1-15-11-17(25-29-15)13-26-7-9-27(10-8-26)22-21-19(23-14-24-22)12-20(30-21)16-3-5-18(28-2)6-4-16/h3-6,11-12,14H,7-10,13H2,1-2H3. The summed E-state index contributed by atoms with van der Waals surface area (Å²) < 4.78 is 11.6. The molecule has 4 aromatic rings. The fourth-order valence-electron chi connectivity index (χ4n) is 3.80. The number of fused-ring (bicyclic) bond motifs is 1. The number of hydrogen-bond donors (Lipinski definition) is 0. The molecule has 0 atom stereocenters. The summed E-state index contributed by atoms with van der Waals surface area (Å²) in [5.74, 6) is 2.75. The molecule has 0 bridgehead atoms. The van der Waals surface area contributed by atoms with Gasteiger partial charge in [0.05, 0.1) is 23.0 Å². The van der Waals surface area contributed by atoms with Gasteiger partial charge in [-0.25, -0.2) is 9.97 Å². The molecule has 0 N–H and O–H groups in total. The molecule has 0 radical (unpaired) electrons. The molecule has 1 fully saturated rings. The number of piperazine rings is 1. The Hall–Kier alpha value is -2.97. The summed E-state index contributed by atoms with van der Waals surface area (Å²) >= 11 is 1.75. The first-order valence-electron chi connectivity index (χ1n) is 9.98. The van der Waals surface area contributed by atoms with Gasteiger partial charge in [-0.05, 0) is 42.8 Å². The minimum Gasteiger partial charge on any atom is -0.497 e. The smallest absolute Gasteiger partial charge is 0.150 e. The van der Waals surface area contributed by atoms with Crippen molar-refractivity contribution in [3.8, 4) is 16.2 Å². The van der Waals surface area contributed by atoms with Crippen LogP contribution < -0.4 is 9.64 Å². The van der Waals surface area contributed by atoms with Crippen LogP contribution in [0.25, 0.3) is 20.7 Å². The van der Waals surface area contributed by atoms with Gasteiger partial charge in [0.1, 0.15) is 23.7 Å². The number of rotatable bonds is 5. The van der Waals surface area contributed by atoms with Gasteiger partial charge in [-0.15, -0.1) is 11.3 Å². The highest BCUT2D eigenvalue weighted by Crippen LogP contribution is 2.37. The molecule has 7 nitrogen and oxygen atoms in total. The predicted octanol–water partition coefficient (Wildman–Crippen LogP) is 3.99. The van der Waals surface area contributed by atoms with Gasteiger partial charge in [-0.2, -0.15) is 0 Å². The van der Waals surface area contributed by atoms with Gasteiger partial charge in [0.15, 0.2) is 0 Å². The second-order valence-corrected chi connectivity index (χ2v) is 8.50. The molecule has 1 aromatic carbocycles. The molecule has 4 heterocycles. The summed E-state index contributed by atoms with van der Waals surface area (Å²) in [7, 11) is 1.68. The zero-order chi connectivity index (χ0) is 20.5. The Labute approximate surface area is 178 Å². The Morgan fingerprint density at radius 1 is 1.07 bits per heavy atom. The van der Waals surface area contributed by atoms with Gasteiger partial charge >= 0.3 is 0 Å². The maximum Gasteiger partial charge on any atom is 0.150 e. The van der Waals surface area contributed by atoms with Crippen LogP contribution in [-0.4, -0.2) is 53.3 Å². The minimum atomic E-state index is 0.824. The number of benzene rings is 1. The number of aromatic nitrogens is 3. The molecule has 3 aromatic heterocycles. The number of aryl methyl sites for hydroxylation is 1. The van der Waals surface area contributed by atoms with E-state index in [0.717, 1.165) is 71.5 Å². The van der Waals surface area contributed by atoms with Crippen molar-refractivity contribution >= 4 is 27.4 Å². The predicted molar refractivity (Wildman–Crippen MR) is 118 cm³/mol. The van der Waals surface area contributed by atoms with Crippen LogP contribution in [-0.2, 0) is 6.54 Å². The van der Waals surface area contributed by atoms with Crippen LogP contribution in [0.5, 0.6) is 5.75 Å². The average molecular weight is 422 g/mol. The largest absolute Gasteiger partial charge is 0.497 e. The van der Waals surface area contributed by atoms with Gasteiger partial charge < -0.3 is 14.2 Å². The number of methoxy groups -OCH3 is 1. The van der Waals surface area contributed by atoms with Crippen LogP contribution >= 0.6 is 11.3 Å². The third kappa shape index (κ3) is 3.76. The lowest BCUT2D eigenvalue weighted by Gasteiger charge is -2.35. The molecule has 5 rings (SSSR count). The van der Waals surface area contributed by atoms with Crippen molar-refractivity contribution in [3.63, 3.8) is 0 Å². The third-order valence-corrected chi connectivity index (χ3v) is 6.57. The van der Waals surface area contributed by atoms with Gasteiger partial charge in [-0.1, -0.05) is 5.16 Å². The second kappa shape index (κ2) is 8.04. The molecule has 0 amide bonds. The summed E-state index contributed by atoms with van der Waals surface area (Å²) in [5.41, 5.74) is 3.15. The topological polar surface area (TPSA) is 67.5 Å². The molecule has 1 aliphatic heterocycles. The van der Waals surface area contributed by atoms with Crippen molar-refractivity contribution in [3.05, 3.63) is 54.2 Å². The molecule has 1 aliphatic rings. The lowest BCUT2D eigenvalue weighted by Crippen LogP contribution is -2.46. The summed E-state index contributed by atoms with van der Waals surface area (Å²) in [6.07, 6.45) is 1.67. The lowest BCUT2D eigenvalue weighted by molar-refractivity contribution is 0.241. The van der Waals surface area contributed by atoms with Crippen molar-refractivity contribution in [1.29, 1.82) is 0 Å². The Kier molecular flexibility index (Phi) is 5.10. The monoisotopic (exact) mass is 421 g/mol. The van der Waals surface area contributed by atoms with E-state index in [1.165, 1.54) is 4.88 Å². The SMILES string of the molecule is COc1ccc(-c2cc3ncnc(N4CCN(Cc5cc(C)on5)CC4)c3s2)cc1. The molecule has 0 unspecified atom stereocenters. The quantitative estimate of drug-likeness (QED) is 0.483. The summed E-state index contributed by atoms with van der Waals surface area (Å²) in [6.45, 7) is 6.54. The Bertz CT molecular complexity index is 1150. The van der Waals surface area contributed by atoms with E-state index in [-0.39, 0.29) is 0 Å². The molecule has 0 saturated carbocycles. The normalized spacial score (nSPS) is 15.1. The van der Waals surface area contributed by atoms with Crippen LogP contribution in [0.4, 0.5) is 5.82 Å². The maximum atomic E-state index is 5.27. The van der Waals surface area contributed by atoms with E-state index >= 15 is 0 Å². The molecule has 30 heavy (non-hydrogen) atoms. The van der Waals surface area contributed by atoms with Crippen LogP contribution in [0.1, 0.15) is 11.5 Å². The van der Waals surface area contributed by atoms with E-state index in [0.29, 0.717) is 0 Å². The first kappa shape index (κ1) is 19.0. The third-order valence-electron chi connectivity index (χ3n) is 5.40. The fraction of sp³-hybridized carbons (Fsp3) is 0.318. The zero-order valence-corrected chi connectivity index (χ0v) is 17.9. The van der Waals surface area contributed by atoms with Crippen LogP contribution in [0.3, 0.4) is 0 Å². The molecule has 8 heteroatoms. The number of hydrogen-bond acceptors (Lipinski definition) is 8. The molecule has 1 saturated heterocycles. The van der Waals surface area contributed by atoms with Crippen LogP contribution in [0, 0.1) is 6.92 Å². The van der Waals surface area contributed by atoms with E-state index in [4.69, 9.17) is 9.26 Å². The average Bonchev–Trinajstić information content (AvgIpc) is 3.40. The number of nitrogens with zero attached hydrogens (tertiary/aromatic N) is 5. The van der Waals surface area contributed by atoms with Crippen molar-refractivity contribution in [1.82, 2.24) is 20.0 Å². The van der Waals surface area contributed by atoms with E-state index in [9.17, 15) is 0 Å². The van der Waals surface area contributed by atoms with Gasteiger partial charge in [-0.3, -0.25) is 4.90 Å². The van der Waals surface area contributed by atoms with Crippen molar-refractivity contribution in [2.45, 2.75) is 13.5 Å². The molecule has 0 aliphatic carbocycles. The summed E-state index contributed by atoms with van der Waals surface area (Å²) in [6, 6.07) is 12.3. The van der Waals surface area contributed by atoms with E-state index in [2.05, 4.69) is 43.1 Å². The molecular weight excluding hydrogens is 398 g/mol. The Balaban J connectivity index is 1.34. The summed E-state index contributed by atoms with van der Waals surface area (Å²) in [4.78, 5) is 15.1. The maximum absolute atomic E-state index is 5.27. The van der Waals surface area contributed by atoms with Gasteiger partial charge in [0, 0.05) is 43.7 Å². The number of anilines is 1. The second-order valence-electron chi connectivity index (χ2n) is 7.44. The van der Waals surface area contributed by atoms with Gasteiger partial charge in [0.25, 0.3) is 0 Å². The van der Waals surface area contributed by atoms with E-state index < -0.39 is 0 Å². The number of ether oxygens (including phenoxy) is 1. The fourth-order valence-corrected chi connectivity index (χ4v) is 4.94. The van der Waals surface area contributed by atoms with E-state index in [1.54, 1.807) is 24.8 Å². The highest BCUT2D eigenvalue weighted by atomic mass is 32.1. The highest BCUT2D eigenvalue weighted by Gasteiger charge is 2.22. The highest BCUT2D eigenvalue weighted by molar-refractivity contribution is 7.22. The van der Waals surface area contributed by atoms with E-state index in [1.807, 2.05) is 25.1 Å². The Morgan fingerprint density at radius 3 is 2.57 bits per heavy atom. The molecular formula is C22H23N5O2S. The molecule has 0 spiro atoms.